The molecule has 0 saturated carbocycles. The first-order chi connectivity index (χ1) is 70.3. The van der Waals surface area contributed by atoms with Crippen LogP contribution in [0.5, 0.6) is 0 Å². The summed E-state index contributed by atoms with van der Waals surface area (Å²) in [6.45, 7) is 9.28. The van der Waals surface area contributed by atoms with Gasteiger partial charge in [-0.1, -0.05) is 0 Å². The fourth-order valence-electron chi connectivity index (χ4n) is 17.1. The van der Waals surface area contributed by atoms with Crippen molar-refractivity contribution in [2.24, 2.45) is 35.2 Å². The minimum absolute atomic E-state index is 0.0653. The van der Waals surface area contributed by atoms with Gasteiger partial charge in [0.1, 0.15) is 0 Å². The van der Waals surface area contributed by atoms with Gasteiger partial charge in [0.05, 0.1) is 0 Å². The van der Waals surface area contributed by atoms with Crippen molar-refractivity contribution in [3.8, 4) is 86.6 Å². The number of fused-ring (bicyclic) bond motifs is 15. The molecule has 10 nitrogen and oxygen atoms in total. The Labute approximate surface area is 816 Å². The summed E-state index contributed by atoms with van der Waals surface area (Å²) >= 11 is -0.0197. The maximum atomic E-state index is 9.61. The van der Waals surface area contributed by atoms with Crippen LogP contribution in [0.2, 0.25) is 0 Å². The van der Waals surface area contributed by atoms with E-state index in [-0.39, 0.29) is 102 Å². The van der Waals surface area contributed by atoms with Crippen molar-refractivity contribution in [1.82, 2.24) is 0 Å². The SMILES string of the molecule is Cc1cc(C)[n+](C)c(-c2c(C)ccc3c2[se]c2ccc(C#N)cc23)c1.[2H]C([2H])([2H])c1cc(C)[n+](C)c(-c2c(C)ccc3c2[se]c2cc(C#N)ccc23)c1.[2H]C([2H])([2H])c1cc(C)[n+](C)c(-c2c(C)ccc3c2[se]c2cccc(C#N)c23)c1.[2H]c1c(C([2H])(C([2H])([2H])[2H])C([2H])([2H])[2H])c([2H])c(-c2c(C)ccc3c2[se]c2cc(C#N)ccc23)[n+](C)c1C.[2H]c1c(C([2H])(C)C([2H])([2H])[2H])c([2H])c(-c2c(C)ccc3c2[se]c2c(C#N)cccc23)[n+](C)c1C. The molecule has 0 aliphatic rings. The molecule has 0 N–H and O–H groups in total. The Hall–Kier alpha value is -12.0. The number of aryl methyl sites for hydroxylation is 11. The summed E-state index contributed by atoms with van der Waals surface area (Å²) in [5.41, 5.74) is 22.7. The van der Waals surface area contributed by atoms with Gasteiger partial charge in [0.2, 0.25) is 0 Å². The average molecular weight is 2030 g/mol. The second-order valence-corrected chi connectivity index (χ2v) is 43.7. The normalized spacial score (nSPS) is 14.7. The van der Waals surface area contributed by atoms with E-state index in [0.29, 0.717) is 50.3 Å². The number of nitriles is 5. The van der Waals surface area contributed by atoms with E-state index in [1.807, 2.05) is 145 Å². The second kappa shape index (κ2) is 36.9. The number of hydrogen-bond donors (Lipinski definition) is 0. The molecule has 0 radical (unpaired) electrons. The average Bonchev–Trinajstić information content (AvgIpc) is 0.717. The number of rotatable bonds is 7. The molecule has 0 aliphatic carbocycles. The zero-order chi connectivity index (χ0) is 110. The Morgan fingerprint density at radius 2 is 0.643 bits per heavy atom. The van der Waals surface area contributed by atoms with Crippen LogP contribution in [0.4, 0.5) is 0 Å². The van der Waals surface area contributed by atoms with Crippen molar-refractivity contribution >= 4 is 169 Å². The topological polar surface area (TPSA) is 138 Å². The van der Waals surface area contributed by atoms with Crippen LogP contribution in [-0.2, 0) is 35.2 Å². The first kappa shape index (κ1) is 67.3. The number of benzene rings is 10. The fraction of sp³-hybridized carbons (Fsp3) is 0.211. The molecule has 10 aromatic carbocycles. The first-order valence-electron chi connectivity index (χ1n) is 52.1. The van der Waals surface area contributed by atoms with Gasteiger partial charge in [0.25, 0.3) is 0 Å². The van der Waals surface area contributed by atoms with Crippen molar-refractivity contribution in [1.29, 1.82) is 26.3 Å². The van der Waals surface area contributed by atoms with Crippen molar-refractivity contribution in [2.45, 2.75) is 129 Å². The molecule has 1 unspecified atom stereocenters. The number of aromatic nitrogens is 5. The molecular formula is C114H103N10Se5+5. The molecule has 0 aliphatic heterocycles. The summed E-state index contributed by atoms with van der Waals surface area (Å²) in [4.78, 5) is 0. The van der Waals surface area contributed by atoms with Crippen LogP contribution in [0.25, 0.3) is 153 Å². The minimum atomic E-state index is -3.31. The van der Waals surface area contributed by atoms with E-state index >= 15 is 0 Å². The summed E-state index contributed by atoms with van der Waals surface area (Å²) in [7, 11) is 9.53. The van der Waals surface area contributed by atoms with Crippen LogP contribution in [0.1, 0.15) is 180 Å². The standard InChI is InChI=1S/2C24H23N2Se.3C22H19N2Se/c1-14(2)18-10-16(4)26(5)21(12-18)23-15(3)6-8-20-19-9-7-17(13-25)11-22(19)27-24(20)23;1-14(2)18-11-16(4)26(5)21(12-18)22-15(3)9-10-20-19-8-6-7-17(13-25)23(19)27-24(20)22;1-13-9-15(3)24(4)19(10-13)21-14(2)5-7-18-17-8-6-16(12-23)11-20(17)25-22(18)21;1-13-9-15(3)24(4)19(10-13)21-14(2)5-7-17-18-11-16(12-23)6-8-20(18)25-22(17)21;1-13-10-15(3)24(4)18(11-13)20-14(2)8-9-17-21-16(12-23)6-5-7-19(21)25-22(17)20/h2*6-12,14H,1-5H3;3*5-11H,1-4H3/q5*+1/i1D3,2D3,10D,12D,14D;1D3,11D,12D,14D;1D3;;1D3. The first-order valence-corrected chi connectivity index (χ1v) is 50.2. The van der Waals surface area contributed by atoms with Gasteiger partial charge in [0, 0.05) is 0 Å². The maximum absolute atomic E-state index is 9.61. The fourth-order valence-corrected chi connectivity index (χ4v) is 31.1. The van der Waals surface area contributed by atoms with Crippen LogP contribution in [0.15, 0.2) is 212 Å². The monoisotopic (exact) mass is 2030 g/mol. The van der Waals surface area contributed by atoms with E-state index in [1.54, 1.807) is 61.3 Å². The van der Waals surface area contributed by atoms with E-state index in [9.17, 15) is 26.3 Å². The van der Waals surface area contributed by atoms with Crippen molar-refractivity contribution in [3.63, 3.8) is 0 Å². The van der Waals surface area contributed by atoms with Crippen LogP contribution in [-0.4, -0.2) is 72.5 Å². The van der Waals surface area contributed by atoms with Crippen molar-refractivity contribution in [2.75, 3.05) is 0 Å². The molecule has 20 rings (SSSR count). The third kappa shape index (κ3) is 17.0. The molecule has 10 aromatic heterocycles. The third-order valence-electron chi connectivity index (χ3n) is 24.4. The van der Waals surface area contributed by atoms with Crippen LogP contribution in [0.3, 0.4) is 0 Å². The predicted molar refractivity (Wildman–Crippen MR) is 538 cm³/mol. The van der Waals surface area contributed by atoms with Crippen LogP contribution < -0.4 is 22.8 Å². The number of hydrogen-bond acceptors (Lipinski definition) is 5. The Balaban J connectivity index is 0.000000134. The van der Waals surface area contributed by atoms with Gasteiger partial charge in [-0.3, -0.25) is 0 Å². The van der Waals surface area contributed by atoms with Gasteiger partial charge in [-0.2, -0.15) is 0 Å². The van der Waals surface area contributed by atoms with E-state index in [0.717, 1.165) is 117 Å². The summed E-state index contributed by atoms with van der Waals surface area (Å²) in [5, 5.41) is 58.0. The Morgan fingerprint density at radius 1 is 0.295 bits per heavy atom. The van der Waals surface area contributed by atoms with E-state index in [2.05, 4.69) is 146 Å². The van der Waals surface area contributed by atoms with Gasteiger partial charge in [-0.25, -0.2) is 0 Å². The van der Waals surface area contributed by atoms with E-state index in [1.165, 1.54) is 82.1 Å². The summed E-state index contributed by atoms with van der Waals surface area (Å²) in [6, 6.07) is 71.6. The summed E-state index contributed by atoms with van der Waals surface area (Å²) < 4.78 is 193. The summed E-state index contributed by atoms with van der Waals surface area (Å²) in [6.07, 6.45) is 0. The zero-order valence-electron chi connectivity index (χ0n) is 95.4. The number of pyridine rings is 5. The van der Waals surface area contributed by atoms with Crippen LogP contribution in [0, 0.1) is 147 Å². The molecule has 0 fully saturated rings. The van der Waals surface area contributed by atoms with Gasteiger partial charge in [0.15, 0.2) is 0 Å². The molecule has 0 amide bonds. The molecule has 20 aromatic rings. The second-order valence-electron chi connectivity index (χ2n) is 32.7. The van der Waals surface area contributed by atoms with Gasteiger partial charge in [-0.15, -0.1) is 0 Å². The summed E-state index contributed by atoms with van der Waals surface area (Å²) in [5.74, 6) is -5.27. The molecule has 10 heterocycles. The molecule has 634 valence electrons. The third-order valence-corrected chi connectivity index (χ3v) is 37.0. The molecule has 0 bridgehead atoms. The Bertz CT molecular complexity index is 9320. The molecule has 1 atom stereocenters. The van der Waals surface area contributed by atoms with Crippen molar-refractivity contribution < 1.29 is 51.6 Å². The Kier molecular flexibility index (Phi) is 19.2. The molecule has 129 heavy (non-hydrogen) atoms. The molecule has 0 saturated heterocycles. The zero-order valence-corrected chi connectivity index (χ0v) is 83.0. The molecule has 15 heteroatoms. The quantitative estimate of drug-likeness (QED) is 0.116. The van der Waals surface area contributed by atoms with Crippen molar-refractivity contribution in [3.05, 3.63) is 324 Å². The Morgan fingerprint density at radius 3 is 1.10 bits per heavy atom. The van der Waals surface area contributed by atoms with Crippen LogP contribution >= 0.6 is 0 Å². The van der Waals surface area contributed by atoms with E-state index in [4.69, 9.17) is 28.8 Å². The predicted octanol–water partition coefficient (Wildman–Crippen LogP) is 23.3. The van der Waals surface area contributed by atoms with Gasteiger partial charge < -0.3 is 0 Å². The van der Waals surface area contributed by atoms with Gasteiger partial charge >= 0.3 is 822 Å². The number of nitrogens with zero attached hydrogens (tertiary/aromatic N) is 10. The van der Waals surface area contributed by atoms with Gasteiger partial charge in [-0.05, 0) is 0 Å². The molecular weight excluding hydrogens is 1900 g/mol. The molecule has 0 spiro atoms. The van der Waals surface area contributed by atoms with E-state index < -0.39 is 63.7 Å².